The zero-order valence-corrected chi connectivity index (χ0v) is 13.0. The third kappa shape index (κ3) is 5.85. The van der Waals surface area contributed by atoms with Gasteiger partial charge in [-0.15, -0.1) is 0 Å². The van der Waals surface area contributed by atoms with Gasteiger partial charge in [-0.3, -0.25) is 9.59 Å². The number of methoxy groups -OCH3 is 1. The maximum absolute atomic E-state index is 12.1. The summed E-state index contributed by atoms with van der Waals surface area (Å²) < 4.78 is 5.24. The van der Waals surface area contributed by atoms with Gasteiger partial charge in [0.1, 0.15) is 5.75 Å². The summed E-state index contributed by atoms with van der Waals surface area (Å²) in [7, 11) is 1.60. The quantitative estimate of drug-likeness (QED) is 0.809. The van der Waals surface area contributed by atoms with E-state index in [2.05, 4.69) is 5.32 Å². The molecule has 1 aromatic carbocycles. The summed E-state index contributed by atoms with van der Waals surface area (Å²) in [5.41, 5.74) is 1.34. The minimum Gasteiger partial charge on any atom is -0.496 e. The number of amides is 1. The Balaban J connectivity index is 2.62. The van der Waals surface area contributed by atoms with Crippen LogP contribution in [0.2, 0.25) is 0 Å². The summed E-state index contributed by atoms with van der Waals surface area (Å²) in [6.07, 6.45) is 0.671. The fourth-order valence-corrected chi connectivity index (χ4v) is 2.06. The van der Waals surface area contributed by atoms with Crippen LogP contribution in [-0.4, -0.2) is 29.6 Å². The van der Waals surface area contributed by atoms with E-state index < -0.39 is 11.5 Å². The van der Waals surface area contributed by atoms with E-state index in [1.54, 1.807) is 7.11 Å². The molecule has 5 heteroatoms. The van der Waals surface area contributed by atoms with Crippen LogP contribution in [0, 0.1) is 6.92 Å². The van der Waals surface area contributed by atoms with Crippen molar-refractivity contribution in [3.63, 3.8) is 0 Å². The molecule has 0 radical (unpaired) electrons. The molecule has 0 atom stereocenters. The van der Waals surface area contributed by atoms with Gasteiger partial charge < -0.3 is 15.2 Å². The number of carbonyl (C=O) groups excluding carboxylic acids is 1. The highest BCUT2D eigenvalue weighted by Crippen LogP contribution is 2.19. The van der Waals surface area contributed by atoms with Crippen molar-refractivity contribution in [1.82, 2.24) is 5.32 Å². The van der Waals surface area contributed by atoms with Crippen LogP contribution in [0.4, 0.5) is 0 Å². The molecular formula is C16H23NO4. The first-order valence-corrected chi connectivity index (χ1v) is 6.90. The second kappa shape index (κ2) is 7.11. The molecule has 0 heterocycles. The van der Waals surface area contributed by atoms with Gasteiger partial charge in [-0.2, -0.15) is 0 Å². The Morgan fingerprint density at radius 3 is 2.57 bits per heavy atom. The number of aliphatic carboxylic acids is 1. The number of hydrogen-bond acceptors (Lipinski definition) is 3. The van der Waals surface area contributed by atoms with Crippen LogP contribution in [-0.2, 0) is 16.0 Å². The van der Waals surface area contributed by atoms with E-state index in [0.29, 0.717) is 6.42 Å². The highest BCUT2D eigenvalue weighted by atomic mass is 16.5. The van der Waals surface area contributed by atoms with Crippen LogP contribution in [0.5, 0.6) is 5.75 Å². The lowest BCUT2D eigenvalue weighted by Crippen LogP contribution is -2.44. The van der Waals surface area contributed by atoms with Gasteiger partial charge in [0.2, 0.25) is 5.91 Å². The summed E-state index contributed by atoms with van der Waals surface area (Å²) in [6, 6.07) is 5.65. The van der Waals surface area contributed by atoms with E-state index >= 15 is 0 Å². The fraction of sp³-hybridized carbons (Fsp3) is 0.500. The predicted molar refractivity (Wildman–Crippen MR) is 80.5 cm³/mol. The zero-order chi connectivity index (χ0) is 16.0. The minimum atomic E-state index is -0.861. The van der Waals surface area contributed by atoms with Crippen LogP contribution in [0.3, 0.4) is 0 Å². The summed E-state index contributed by atoms with van der Waals surface area (Å²) in [5.74, 6) is -0.234. The molecule has 0 spiro atoms. The van der Waals surface area contributed by atoms with E-state index in [9.17, 15) is 9.59 Å². The van der Waals surface area contributed by atoms with Gasteiger partial charge in [-0.1, -0.05) is 12.1 Å². The van der Waals surface area contributed by atoms with E-state index in [4.69, 9.17) is 9.84 Å². The Hall–Kier alpha value is -2.04. The zero-order valence-electron chi connectivity index (χ0n) is 13.0. The fourth-order valence-electron chi connectivity index (χ4n) is 2.06. The Bertz CT molecular complexity index is 523. The van der Waals surface area contributed by atoms with Crippen molar-refractivity contribution in [2.24, 2.45) is 0 Å². The molecule has 0 bridgehead atoms. The molecule has 0 saturated carbocycles. The molecule has 0 aliphatic rings. The minimum absolute atomic E-state index is 0.0334. The Labute approximate surface area is 125 Å². The topological polar surface area (TPSA) is 75.6 Å². The van der Waals surface area contributed by atoms with Crippen LogP contribution in [0.15, 0.2) is 18.2 Å². The molecule has 0 saturated heterocycles. The Kier molecular flexibility index (Phi) is 5.76. The second-order valence-corrected chi connectivity index (χ2v) is 5.81. The van der Waals surface area contributed by atoms with Crippen molar-refractivity contribution in [3.05, 3.63) is 29.3 Å². The van der Waals surface area contributed by atoms with Crippen LogP contribution >= 0.6 is 0 Å². The number of carboxylic acid groups (broad SMARTS) is 1. The molecule has 21 heavy (non-hydrogen) atoms. The third-order valence-corrected chi connectivity index (χ3v) is 3.28. The lowest BCUT2D eigenvalue weighted by Gasteiger charge is -2.25. The number of nitrogens with one attached hydrogen (secondary N) is 1. The van der Waals surface area contributed by atoms with Crippen molar-refractivity contribution in [2.45, 2.75) is 45.6 Å². The van der Waals surface area contributed by atoms with Gasteiger partial charge in [0, 0.05) is 12.0 Å². The van der Waals surface area contributed by atoms with E-state index in [-0.39, 0.29) is 18.7 Å². The smallest absolute Gasteiger partial charge is 0.303 e. The molecular weight excluding hydrogens is 270 g/mol. The first-order chi connectivity index (χ1) is 9.73. The monoisotopic (exact) mass is 293 g/mol. The molecule has 5 nitrogen and oxygen atoms in total. The predicted octanol–water partition coefficient (Wildman–Crippen LogP) is 2.31. The third-order valence-electron chi connectivity index (χ3n) is 3.28. The molecule has 1 amide bonds. The van der Waals surface area contributed by atoms with Crippen molar-refractivity contribution >= 4 is 11.9 Å². The van der Waals surface area contributed by atoms with Crippen molar-refractivity contribution in [3.8, 4) is 5.75 Å². The standard InChI is InChI=1S/C16H23NO4/c1-11-5-6-12(9-13(11)21-4)10-14(18)17-16(2,3)8-7-15(19)20/h5-6,9H,7-8,10H2,1-4H3,(H,17,18)(H,19,20). The van der Waals surface area contributed by atoms with Crippen LogP contribution in [0.1, 0.15) is 37.8 Å². The van der Waals surface area contributed by atoms with Crippen molar-refractivity contribution in [2.75, 3.05) is 7.11 Å². The van der Waals surface area contributed by atoms with Gasteiger partial charge in [0.05, 0.1) is 13.5 Å². The van der Waals surface area contributed by atoms with Gasteiger partial charge >= 0.3 is 5.97 Å². The summed E-state index contributed by atoms with van der Waals surface area (Å²) in [6.45, 7) is 5.59. The lowest BCUT2D eigenvalue weighted by atomic mass is 9.97. The largest absolute Gasteiger partial charge is 0.496 e. The number of aryl methyl sites for hydroxylation is 1. The maximum atomic E-state index is 12.1. The highest BCUT2D eigenvalue weighted by molar-refractivity contribution is 5.79. The Morgan fingerprint density at radius 1 is 1.33 bits per heavy atom. The average Bonchev–Trinajstić information content (AvgIpc) is 2.38. The molecule has 2 N–H and O–H groups in total. The molecule has 0 fully saturated rings. The van der Waals surface area contributed by atoms with Gasteiger partial charge in [0.25, 0.3) is 0 Å². The van der Waals surface area contributed by atoms with Crippen molar-refractivity contribution < 1.29 is 19.4 Å². The molecule has 0 aliphatic heterocycles. The SMILES string of the molecule is COc1cc(CC(=O)NC(C)(C)CCC(=O)O)ccc1C. The van der Waals surface area contributed by atoms with Gasteiger partial charge in [-0.25, -0.2) is 0 Å². The van der Waals surface area contributed by atoms with E-state index in [1.807, 2.05) is 39.0 Å². The second-order valence-electron chi connectivity index (χ2n) is 5.81. The molecule has 1 aromatic rings. The number of rotatable bonds is 7. The lowest BCUT2D eigenvalue weighted by molar-refractivity contribution is -0.137. The average molecular weight is 293 g/mol. The summed E-state index contributed by atoms with van der Waals surface area (Å²) in [5, 5.41) is 11.6. The number of carbonyl (C=O) groups is 2. The molecule has 1 rings (SSSR count). The highest BCUT2D eigenvalue weighted by Gasteiger charge is 2.21. The molecule has 0 aromatic heterocycles. The molecule has 0 unspecified atom stereocenters. The summed E-state index contributed by atoms with van der Waals surface area (Å²) in [4.78, 5) is 22.7. The number of benzene rings is 1. The van der Waals surface area contributed by atoms with Crippen molar-refractivity contribution in [1.29, 1.82) is 0 Å². The number of carboxylic acids is 1. The van der Waals surface area contributed by atoms with E-state index in [0.717, 1.165) is 16.9 Å². The van der Waals surface area contributed by atoms with E-state index in [1.165, 1.54) is 0 Å². The Morgan fingerprint density at radius 2 is 2.00 bits per heavy atom. The number of ether oxygens (including phenoxy) is 1. The van der Waals surface area contributed by atoms with Crippen LogP contribution in [0.25, 0.3) is 0 Å². The summed E-state index contributed by atoms with van der Waals surface area (Å²) >= 11 is 0. The molecule has 116 valence electrons. The maximum Gasteiger partial charge on any atom is 0.303 e. The first-order valence-electron chi connectivity index (χ1n) is 6.90. The molecule has 0 aliphatic carbocycles. The van der Waals surface area contributed by atoms with Gasteiger partial charge in [-0.05, 0) is 44.4 Å². The van der Waals surface area contributed by atoms with Gasteiger partial charge in [0.15, 0.2) is 0 Å². The van der Waals surface area contributed by atoms with Crippen LogP contribution < -0.4 is 10.1 Å². The normalized spacial score (nSPS) is 11.0. The number of hydrogen-bond donors (Lipinski definition) is 2. The first kappa shape index (κ1) is 17.0.